The Morgan fingerprint density at radius 2 is 1.93 bits per heavy atom. The number of likely N-dealkylation sites (tertiary alicyclic amines) is 1. The fourth-order valence-electron chi connectivity index (χ4n) is 3.91. The van der Waals surface area contributed by atoms with Gasteiger partial charge in [-0.05, 0) is 30.5 Å². The number of rotatable bonds is 5. The van der Waals surface area contributed by atoms with Crippen LogP contribution >= 0.6 is 11.6 Å². The Hall–Kier alpha value is -2.63. The van der Waals surface area contributed by atoms with Gasteiger partial charge in [-0.2, -0.15) is 0 Å². The number of carbonyl (C=O) groups is 1. The number of hydrogen-bond acceptors (Lipinski definition) is 3. The molecule has 4 rings (SSSR count). The summed E-state index contributed by atoms with van der Waals surface area (Å²) in [6, 6.07) is 17.9. The van der Waals surface area contributed by atoms with Gasteiger partial charge >= 0.3 is 6.03 Å². The lowest BCUT2D eigenvalue weighted by molar-refractivity contribution is 0.246. The van der Waals surface area contributed by atoms with Gasteiger partial charge < -0.3 is 11.1 Å². The number of amides is 2. The van der Waals surface area contributed by atoms with Gasteiger partial charge in [0, 0.05) is 30.6 Å². The van der Waals surface area contributed by atoms with Gasteiger partial charge in [0.2, 0.25) is 0 Å². The Labute approximate surface area is 169 Å². The average molecular weight is 395 g/mol. The van der Waals surface area contributed by atoms with Gasteiger partial charge in [0.1, 0.15) is 0 Å². The summed E-state index contributed by atoms with van der Waals surface area (Å²) in [5.41, 5.74) is 9.16. The highest BCUT2D eigenvalue weighted by Crippen LogP contribution is 2.37. The largest absolute Gasteiger partial charge is 0.352 e. The molecular weight excluding hydrogens is 372 g/mol. The fraction of sp³-hybridized carbons (Fsp3) is 0.273. The number of aromatic nitrogens is 1. The smallest absolute Gasteiger partial charge is 0.312 e. The van der Waals surface area contributed by atoms with Crippen molar-refractivity contribution < 1.29 is 4.79 Å². The number of pyridine rings is 1. The molecule has 0 saturated carbocycles. The molecule has 1 aliphatic heterocycles. The molecule has 1 saturated heterocycles. The zero-order valence-corrected chi connectivity index (χ0v) is 16.3. The van der Waals surface area contributed by atoms with E-state index in [0.29, 0.717) is 24.0 Å². The molecule has 0 bridgehead atoms. The first-order valence-electron chi connectivity index (χ1n) is 9.50. The van der Waals surface area contributed by atoms with Crippen LogP contribution < -0.4 is 11.1 Å². The number of nitrogens with zero attached hydrogens (tertiary/aromatic N) is 2. The first kappa shape index (κ1) is 18.7. The van der Waals surface area contributed by atoms with Crippen molar-refractivity contribution in [1.29, 1.82) is 0 Å². The topological polar surface area (TPSA) is 71.2 Å². The minimum Gasteiger partial charge on any atom is -0.352 e. The number of nitrogens with one attached hydrogen (secondary N) is 1. The van der Waals surface area contributed by atoms with Gasteiger partial charge in [0.05, 0.1) is 16.2 Å². The van der Waals surface area contributed by atoms with E-state index in [1.165, 1.54) is 0 Å². The molecule has 0 spiro atoms. The van der Waals surface area contributed by atoms with Gasteiger partial charge in [0.25, 0.3) is 0 Å². The standard InChI is InChI=1S/C22H23ClN4O/c23-21-19(14-27-11-10-15(13-27)12-25-22(24)28)26-18-9-5-4-8-17(18)20(21)16-6-2-1-3-7-16/h1-9,15H,10-14H2,(H3,24,25,28). The molecule has 3 aromatic rings. The number of carbonyl (C=O) groups excluding carboxylic acids is 1. The average Bonchev–Trinajstić information content (AvgIpc) is 3.15. The van der Waals surface area contributed by atoms with E-state index >= 15 is 0 Å². The molecule has 0 radical (unpaired) electrons. The molecule has 1 fully saturated rings. The normalized spacial score (nSPS) is 17.1. The second kappa shape index (κ2) is 8.17. The Morgan fingerprint density at radius 1 is 1.18 bits per heavy atom. The predicted molar refractivity (Wildman–Crippen MR) is 113 cm³/mol. The van der Waals surface area contributed by atoms with Crippen LogP contribution in [0.5, 0.6) is 0 Å². The molecular formula is C22H23ClN4O. The summed E-state index contributed by atoms with van der Waals surface area (Å²) in [4.78, 5) is 18.1. The third-order valence-electron chi connectivity index (χ3n) is 5.27. The number of benzene rings is 2. The molecule has 1 unspecified atom stereocenters. The Kier molecular flexibility index (Phi) is 5.46. The van der Waals surface area contributed by atoms with Crippen LogP contribution in [-0.2, 0) is 6.54 Å². The number of halogens is 1. The van der Waals surface area contributed by atoms with E-state index in [9.17, 15) is 4.79 Å². The molecule has 2 amide bonds. The Morgan fingerprint density at radius 3 is 2.71 bits per heavy atom. The highest BCUT2D eigenvalue weighted by atomic mass is 35.5. The van der Waals surface area contributed by atoms with Crippen molar-refractivity contribution in [2.24, 2.45) is 11.7 Å². The van der Waals surface area contributed by atoms with Crippen LogP contribution in [-0.4, -0.2) is 35.5 Å². The van der Waals surface area contributed by atoms with Crippen molar-refractivity contribution in [3.05, 3.63) is 65.3 Å². The number of fused-ring (bicyclic) bond motifs is 1. The molecule has 5 nitrogen and oxygen atoms in total. The summed E-state index contributed by atoms with van der Waals surface area (Å²) >= 11 is 6.88. The van der Waals surface area contributed by atoms with Crippen LogP contribution in [0.15, 0.2) is 54.6 Å². The van der Waals surface area contributed by atoms with Gasteiger partial charge in [-0.25, -0.2) is 9.78 Å². The Balaban J connectivity index is 1.63. The number of nitrogens with two attached hydrogens (primary N) is 1. The molecule has 28 heavy (non-hydrogen) atoms. The zero-order chi connectivity index (χ0) is 19.5. The van der Waals surface area contributed by atoms with Crippen LogP contribution in [0.4, 0.5) is 4.79 Å². The van der Waals surface area contributed by atoms with Crippen LogP contribution in [0.25, 0.3) is 22.0 Å². The highest BCUT2D eigenvalue weighted by Gasteiger charge is 2.25. The highest BCUT2D eigenvalue weighted by molar-refractivity contribution is 6.35. The molecule has 3 N–H and O–H groups in total. The van der Waals surface area contributed by atoms with E-state index < -0.39 is 6.03 Å². The number of para-hydroxylation sites is 1. The lowest BCUT2D eigenvalue weighted by atomic mass is 10.00. The summed E-state index contributed by atoms with van der Waals surface area (Å²) in [5.74, 6) is 0.403. The third kappa shape index (κ3) is 3.96. The summed E-state index contributed by atoms with van der Waals surface area (Å²) in [5, 5.41) is 4.48. The van der Waals surface area contributed by atoms with E-state index in [1.807, 2.05) is 36.4 Å². The lowest BCUT2D eigenvalue weighted by Crippen LogP contribution is -2.34. The molecule has 1 aromatic heterocycles. The summed E-state index contributed by atoms with van der Waals surface area (Å²) in [7, 11) is 0. The van der Waals surface area contributed by atoms with Crippen LogP contribution in [0.3, 0.4) is 0 Å². The van der Waals surface area contributed by atoms with Gasteiger partial charge in [-0.15, -0.1) is 0 Å². The maximum absolute atomic E-state index is 10.9. The van der Waals surface area contributed by atoms with Crippen molar-refractivity contribution in [2.45, 2.75) is 13.0 Å². The third-order valence-corrected chi connectivity index (χ3v) is 5.68. The second-order valence-corrected chi connectivity index (χ2v) is 7.64. The molecule has 1 atom stereocenters. The maximum Gasteiger partial charge on any atom is 0.312 e. The van der Waals surface area contributed by atoms with Crippen LogP contribution in [0.1, 0.15) is 12.1 Å². The van der Waals surface area contributed by atoms with Crippen molar-refractivity contribution in [2.75, 3.05) is 19.6 Å². The lowest BCUT2D eigenvalue weighted by Gasteiger charge is -2.19. The number of hydrogen-bond donors (Lipinski definition) is 2. The van der Waals surface area contributed by atoms with Crippen molar-refractivity contribution in [3.8, 4) is 11.1 Å². The zero-order valence-electron chi connectivity index (χ0n) is 15.6. The summed E-state index contributed by atoms with van der Waals surface area (Å²) in [6.07, 6.45) is 1.02. The van der Waals surface area contributed by atoms with E-state index in [2.05, 4.69) is 28.4 Å². The summed E-state index contributed by atoms with van der Waals surface area (Å²) in [6.45, 7) is 3.15. The first-order chi connectivity index (χ1) is 13.6. The van der Waals surface area contributed by atoms with E-state index in [-0.39, 0.29) is 0 Å². The molecule has 2 heterocycles. The Bertz CT molecular complexity index is 992. The maximum atomic E-state index is 10.9. The van der Waals surface area contributed by atoms with Crippen LogP contribution in [0, 0.1) is 5.92 Å². The molecule has 2 aromatic carbocycles. The first-order valence-corrected chi connectivity index (χ1v) is 9.88. The van der Waals surface area contributed by atoms with E-state index in [0.717, 1.165) is 47.2 Å². The summed E-state index contributed by atoms with van der Waals surface area (Å²) < 4.78 is 0. The SMILES string of the molecule is NC(=O)NCC1CCN(Cc2nc3ccccc3c(-c3ccccc3)c2Cl)C1. The minimum atomic E-state index is -0.467. The van der Waals surface area contributed by atoms with Crippen molar-refractivity contribution in [3.63, 3.8) is 0 Å². The molecule has 0 aliphatic carbocycles. The van der Waals surface area contributed by atoms with Crippen molar-refractivity contribution in [1.82, 2.24) is 15.2 Å². The van der Waals surface area contributed by atoms with Gasteiger partial charge in [-0.3, -0.25) is 4.90 Å². The molecule has 1 aliphatic rings. The van der Waals surface area contributed by atoms with Gasteiger partial charge in [-0.1, -0.05) is 60.1 Å². The molecule has 6 heteroatoms. The van der Waals surface area contributed by atoms with Crippen molar-refractivity contribution >= 4 is 28.5 Å². The predicted octanol–water partition coefficient (Wildman–Crippen LogP) is 4.05. The monoisotopic (exact) mass is 394 g/mol. The van der Waals surface area contributed by atoms with Gasteiger partial charge in [0.15, 0.2) is 0 Å². The number of primary amides is 1. The molecule has 144 valence electrons. The van der Waals surface area contributed by atoms with Crippen LogP contribution in [0.2, 0.25) is 5.02 Å². The number of urea groups is 1. The quantitative estimate of drug-likeness (QED) is 0.685. The van der Waals surface area contributed by atoms with E-state index in [1.54, 1.807) is 0 Å². The fourth-order valence-corrected chi connectivity index (χ4v) is 4.22. The van der Waals surface area contributed by atoms with E-state index in [4.69, 9.17) is 22.3 Å². The second-order valence-electron chi connectivity index (χ2n) is 7.27. The minimum absolute atomic E-state index is 0.403.